The smallest absolute Gasteiger partial charge is 0.220 e. The number of aryl methyl sites for hydroxylation is 1. The van der Waals surface area contributed by atoms with E-state index in [0.717, 1.165) is 41.3 Å². The van der Waals surface area contributed by atoms with Crippen molar-refractivity contribution in [2.45, 2.75) is 38.6 Å². The number of nitrogens with zero attached hydrogens (tertiary/aromatic N) is 4. The van der Waals surface area contributed by atoms with Crippen molar-refractivity contribution in [3.63, 3.8) is 0 Å². The Morgan fingerprint density at radius 2 is 2.00 bits per heavy atom. The van der Waals surface area contributed by atoms with Gasteiger partial charge in [0.2, 0.25) is 5.91 Å². The maximum absolute atomic E-state index is 12.3. The number of amides is 1. The van der Waals surface area contributed by atoms with Gasteiger partial charge in [0.25, 0.3) is 0 Å². The number of thiazole rings is 1. The maximum Gasteiger partial charge on any atom is 0.220 e. The quantitative estimate of drug-likeness (QED) is 0.494. The molecule has 3 heterocycles. The molecule has 0 spiro atoms. The fourth-order valence-electron chi connectivity index (χ4n) is 3.12. The zero-order valence-electron chi connectivity index (χ0n) is 15.1. The summed E-state index contributed by atoms with van der Waals surface area (Å²) in [5, 5.41) is 12.5. The SMILES string of the molecule is CC(NC(=O)CCCCc1nc2ccccc2s1)c1nnc2ccccn12. The molecule has 1 amide bonds. The van der Waals surface area contributed by atoms with Crippen molar-refractivity contribution in [1.29, 1.82) is 0 Å². The molecule has 7 heteroatoms. The van der Waals surface area contributed by atoms with Gasteiger partial charge in [0.15, 0.2) is 11.5 Å². The molecule has 3 aromatic heterocycles. The van der Waals surface area contributed by atoms with Crippen LogP contribution in [0.3, 0.4) is 0 Å². The van der Waals surface area contributed by atoms with Crippen molar-refractivity contribution in [2.24, 2.45) is 0 Å². The van der Waals surface area contributed by atoms with Gasteiger partial charge in [-0.3, -0.25) is 9.20 Å². The lowest BCUT2D eigenvalue weighted by molar-refractivity contribution is -0.121. The molecule has 1 aromatic carbocycles. The maximum atomic E-state index is 12.3. The Morgan fingerprint density at radius 1 is 1.15 bits per heavy atom. The Hall–Kier alpha value is -2.80. The highest BCUT2D eigenvalue weighted by Crippen LogP contribution is 2.23. The first kappa shape index (κ1) is 17.6. The summed E-state index contributed by atoms with van der Waals surface area (Å²) < 4.78 is 3.12. The lowest BCUT2D eigenvalue weighted by Gasteiger charge is -2.12. The Kier molecular flexibility index (Phi) is 5.11. The highest BCUT2D eigenvalue weighted by atomic mass is 32.1. The number of aromatic nitrogens is 4. The van der Waals surface area contributed by atoms with Gasteiger partial charge in [0.1, 0.15) is 0 Å². The lowest BCUT2D eigenvalue weighted by atomic mass is 10.2. The third kappa shape index (κ3) is 3.98. The van der Waals surface area contributed by atoms with Crippen molar-refractivity contribution in [1.82, 2.24) is 24.9 Å². The van der Waals surface area contributed by atoms with Gasteiger partial charge in [0.05, 0.1) is 21.3 Å². The molecule has 1 atom stereocenters. The second kappa shape index (κ2) is 7.84. The molecule has 27 heavy (non-hydrogen) atoms. The van der Waals surface area contributed by atoms with Gasteiger partial charge < -0.3 is 5.32 Å². The van der Waals surface area contributed by atoms with Crippen LogP contribution in [0.4, 0.5) is 0 Å². The van der Waals surface area contributed by atoms with E-state index in [0.29, 0.717) is 6.42 Å². The van der Waals surface area contributed by atoms with Crippen LogP contribution >= 0.6 is 11.3 Å². The third-order valence-corrected chi connectivity index (χ3v) is 5.58. The molecule has 1 N–H and O–H groups in total. The topological polar surface area (TPSA) is 72.2 Å². The van der Waals surface area contributed by atoms with E-state index in [1.807, 2.05) is 53.9 Å². The predicted octanol–water partition coefficient (Wildman–Crippen LogP) is 3.93. The number of rotatable bonds is 7. The van der Waals surface area contributed by atoms with E-state index in [1.165, 1.54) is 4.70 Å². The van der Waals surface area contributed by atoms with E-state index in [4.69, 9.17) is 0 Å². The van der Waals surface area contributed by atoms with Gasteiger partial charge in [-0.15, -0.1) is 21.5 Å². The van der Waals surface area contributed by atoms with E-state index in [2.05, 4.69) is 26.6 Å². The van der Waals surface area contributed by atoms with Gasteiger partial charge in [-0.25, -0.2) is 4.98 Å². The summed E-state index contributed by atoms with van der Waals surface area (Å²) in [7, 11) is 0. The molecule has 4 aromatic rings. The molecule has 138 valence electrons. The van der Waals surface area contributed by atoms with Crippen LogP contribution in [0, 0.1) is 0 Å². The Labute approximate surface area is 161 Å². The Bertz CT molecular complexity index is 1040. The number of unbranched alkanes of at least 4 members (excludes halogenated alkanes) is 1. The predicted molar refractivity (Wildman–Crippen MR) is 107 cm³/mol. The first-order chi connectivity index (χ1) is 13.2. The highest BCUT2D eigenvalue weighted by molar-refractivity contribution is 7.18. The molecule has 6 nitrogen and oxygen atoms in total. The first-order valence-corrected chi connectivity index (χ1v) is 9.96. The van der Waals surface area contributed by atoms with Gasteiger partial charge in [0, 0.05) is 12.6 Å². The number of hydrogen-bond acceptors (Lipinski definition) is 5. The highest BCUT2D eigenvalue weighted by Gasteiger charge is 2.15. The minimum absolute atomic E-state index is 0.0412. The average molecular weight is 379 g/mol. The van der Waals surface area contributed by atoms with Crippen LogP contribution in [0.1, 0.15) is 43.1 Å². The summed E-state index contributed by atoms with van der Waals surface area (Å²) in [6.45, 7) is 1.93. The number of benzene rings is 1. The van der Waals surface area contributed by atoms with Crippen molar-refractivity contribution >= 4 is 33.1 Å². The van der Waals surface area contributed by atoms with Crippen LogP contribution in [0.15, 0.2) is 48.7 Å². The largest absolute Gasteiger partial charge is 0.346 e. The first-order valence-electron chi connectivity index (χ1n) is 9.14. The molecule has 0 aliphatic carbocycles. The van der Waals surface area contributed by atoms with Crippen LogP contribution in [-0.4, -0.2) is 25.5 Å². The number of carbonyl (C=O) groups excluding carboxylic acids is 1. The summed E-state index contributed by atoms with van der Waals surface area (Å²) in [5.41, 5.74) is 1.84. The zero-order chi connectivity index (χ0) is 18.6. The van der Waals surface area contributed by atoms with Crippen LogP contribution in [-0.2, 0) is 11.2 Å². The summed E-state index contributed by atoms with van der Waals surface area (Å²) in [4.78, 5) is 16.9. The number of nitrogens with one attached hydrogen (secondary N) is 1. The number of para-hydroxylation sites is 1. The molecule has 4 rings (SSSR count). The number of hydrogen-bond donors (Lipinski definition) is 1. The monoisotopic (exact) mass is 379 g/mol. The van der Waals surface area contributed by atoms with Crippen LogP contribution < -0.4 is 5.32 Å². The van der Waals surface area contributed by atoms with Gasteiger partial charge >= 0.3 is 0 Å². The van der Waals surface area contributed by atoms with E-state index in [9.17, 15) is 4.79 Å². The summed E-state index contributed by atoms with van der Waals surface area (Å²) in [6, 6.07) is 13.7. The molecule has 0 fully saturated rings. The van der Waals surface area contributed by atoms with Crippen LogP contribution in [0.5, 0.6) is 0 Å². The normalized spacial score (nSPS) is 12.5. The van der Waals surface area contributed by atoms with Crippen molar-refractivity contribution in [3.8, 4) is 0 Å². The van der Waals surface area contributed by atoms with Crippen LogP contribution in [0.25, 0.3) is 15.9 Å². The molecule has 0 aliphatic rings. The van der Waals surface area contributed by atoms with Crippen LogP contribution in [0.2, 0.25) is 0 Å². The Balaban J connectivity index is 1.25. The average Bonchev–Trinajstić information content (AvgIpc) is 3.28. The van der Waals surface area contributed by atoms with Gasteiger partial charge in [-0.1, -0.05) is 18.2 Å². The number of fused-ring (bicyclic) bond motifs is 2. The second-order valence-electron chi connectivity index (χ2n) is 6.56. The van der Waals surface area contributed by atoms with Gasteiger partial charge in [-0.2, -0.15) is 0 Å². The Morgan fingerprint density at radius 3 is 2.89 bits per heavy atom. The molecule has 0 saturated heterocycles. The lowest BCUT2D eigenvalue weighted by Crippen LogP contribution is -2.27. The third-order valence-electron chi connectivity index (χ3n) is 4.49. The van der Waals surface area contributed by atoms with E-state index < -0.39 is 0 Å². The molecule has 0 aliphatic heterocycles. The molecule has 0 radical (unpaired) electrons. The minimum Gasteiger partial charge on any atom is -0.346 e. The number of carbonyl (C=O) groups is 1. The molecule has 1 unspecified atom stereocenters. The van der Waals surface area contributed by atoms with Crippen molar-refractivity contribution in [3.05, 3.63) is 59.5 Å². The molecule has 0 saturated carbocycles. The number of pyridine rings is 1. The zero-order valence-corrected chi connectivity index (χ0v) is 15.9. The van der Waals surface area contributed by atoms with Crippen molar-refractivity contribution in [2.75, 3.05) is 0 Å². The molecule has 0 bridgehead atoms. The summed E-state index contributed by atoms with van der Waals surface area (Å²) >= 11 is 1.74. The van der Waals surface area contributed by atoms with E-state index >= 15 is 0 Å². The van der Waals surface area contributed by atoms with Gasteiger partial charge in [-0.05, 0) is 50.5 Å². The van der Waals surface area contributed by atoms with Crippen molar-refractivity contribution < 1.29 is 4.79 Å². The second-order valence-corrected chi connectivity index (χ2v) is 7.67. The summed E-state index contributed by atoms with van der Waals surface area (Å²) in [5.74, 6) is 0.785. The standard InChI is InChI=1S/C20H21N5OS/c1-14(20-24-23-17-10-6-7-13-25(17)20)21-18(26)11-4-5-12-19-22-15-8-2-3-9-16(15)27-19/h2-3,6-10,13-14H,4-5,11-12H2,1H3,(H,21,26). The van der Waals surface area contributed by atoms with E-state index in [1.54, 1.807) is 11.3 Å². The minimum atomic E-state index is -0.181. The molecular formula is C20H21N5OS. The van der Waals surface area contributed by atoms with E-state index in [-0.39, 0.29) is 11.9 Å². The summed E-state index contributed by atoms with van der Waals surface area (Å²) in [6.07, 6.45) is 5.12. The molecular weight excluding hydrogens is 358 g/mol. The fourth-order valence-corrected chi connectivity index (χ4v) is 4.13. The fraction of sp³-hybridized carbons (Fsp3) is 0.300.